The Bertz CT molecular complexity index is 457. The Labute approximate surface area is 176 Å². The van der Waals surface area contributed by atoms with Crippen LogP contribution in [0.2, 0.25) is 0 Å². The predicted octanol–water partition coefficient (Wildman–Crippen LogP) is 2.29. The molecule has 0 aromatic heterocycles. The number of halogens is 1. The molecular weight excluding hydrogens is 441 g/mol. The summed E-state index contributed by atoms with van der Waals surface area (Å²) in [7, 11) is 3.55. The van der Waals surface area contributed by atoms with Crippen LogP contribution in [0.1, 0.15) is 52.4 Å². The van der Waals surface area contributed by atoms with Crippen LogP contribution in [0.5, 0.6) is 0 Å². The molecule has 152 valence electrons. The molecule has 2 N–H and O–H groups in total. The fourth-order valence-electron chi connectivity index (χ4n) is 3.96. The maximum atomic E-state index is 11.9. The largest absolute Gasteiger partial charge is 0.355 e. The summed E-state index contributed by atoms with van der Waals surface area (Å²) in [6.45, 7) is 7.95. The van der Waals surface area contributed by atoms with Crippen LogP contribution in [0, 0.1) is 5.92 Å². The summed E-state index contributed by atoms with van der Waals surface area (Å²) >= 11 is 0. The van der Waals surface area contributed by atoms with Crippen LogP contribution in [0.25, 0.3) is 0 Å². The van der Waals surface area contributed by atoms with Crippen LogP contribution in [-0.4, -0.2) is 74.0 Å². The first-order valence-electron chi connectivity index (χ1n) is 9.98. The van der Waals surface area contributed by atoms with Gasteiger partial charge in [-0.2, -0.15) is 0 Å². The average molecular weight is 479 g/mol. The normalized spacial score (nSPS) is 26.9. The molecule has 1 aliphatic heterocycles. The second-order valence-electron chi connectivity index (χ2n) is 7.87. The van der Waals surface area contributed by atoms with Crippen molar-refractivity contribution in [2.45, 2.75) is 64.5 Å². The molecule has 2 aliphatic rings. The fourth-order valence-corrected chi connectivity index (χ4v) is 3.96. The van der Waals surface area contributed by atoms with Gasteiger partial charge in [-0.25, -0.2) is 4.99 Å². The molecule has 1 aliphatic carbocycles. The second kappa shape index (κ2) is 12.0. The highest BCUT2D eigenvalue weighted by molar-refractivity contribution is 14.0. The van der Waals surface area contributed by atoms with Crippen LogP contribution >= 0.6 is 24.0 Å². The van der Waals surface area contributed by atoms with Gasteiger partial charge in [0.2, 0.25) is 5.91 Å². The highest BCUT2D eigenvalue weighted by atomic mass is 127. The van der Waals surface area contributed by atoms with Gasteiger partial charge in [0, 0.05) is 32.7 Å². The predicted molar refractivity (Wildman–Crippen MR) is 119 cm³/mol. The SMILES string of the molecule is CCN1CCCC1CNC(=NCC(=O)N(C)C)NC1CCCC(C)C1.I. The zero-order chi connectivity index (χ0) is 18.2. The Hall–Kier alpha value is -0.570. The second-order valence-corrected chi connectivity index (χ2v) is 7.87. The number of likely N-dealkylation sites (N-methyl/N-ethyl adjacent to an activating group) is 2. The van der Waals surface area contributed by atoms with Gasteiger partial charge in [0.25, 0.3) is 0 Å². The van der Waals surface area contributed by atoms with E-state index in [0.717, 1.165) is 25.0 Å². The molecule has 1 saturated heterocycles. The first-order valence-corrected chi connectivity index (χ1v) is 9.98. The van der Waals surface area contributed by atoms with Crippen LogP contribution in [0.4, 0.5) is 0 Å². The minimum atomic E-state index is 0. The van der Waals surface area contributed by atoms with Gasteiger partial charge in [0.05, 0.1) is 0 Å². The number of carbonyl (C=O) groups is 1. The molecule has 3 atom stereocenters. The number of guanidine groups is 1. The zero-order valence-electron chi connectivity index (χ0n) is 17.0. The zero-order valence-corrected chi connectivity index (χ0v) is 19.3. The van der Waals surface area contributed by atoms with Crippen LogP contribution < -0.4 is 10.6 Å². The Kier molecular flexibility index (Phi) is 10.8. The van der Waals surface area contributed by atoms with E-state index < -0.39 is 0 Å². The molecule has 2 fully saturated rings. The monoisotopic (exact) mass is 479 g/mol. The number of hydrogen-bond acceptors (Lipinski definition) is 3. The molecule has 0 spiro atoms. The Balaban J connectivity index is 0.00000338. The number of nitrogens with one attached hydrogen (secondary N) is 2. The van der Waals surface area contributed by atoms with E-state index in [1.807, 2.05) is 0 Å². The Morgan fingerprint density at radius 3 is 2.65 bits per heavy atom. The first-order chi connectivity index (χ1) is 12.0. The van der Waals surface area contributed by atoms with Crippen molar-refractivity contribution in [2.24, 2.45) is 10.9 Å². The number of likely N-dealkylation sites (tertiary alicyclic amines) is 1. The fraction of sp³-hybridized carbons (Fsp3) is 0.895. The third-order valence-corrected chi connectivity index (χ3v) is 5.56. The lowest BCUT2D eigenvalue weighted by Gasteiger charge is -2.30. The maximum absolute atomic E-state index is 11.9. The van der Waals surface area contributed by atoms with Gasteiger partial charge >= 0.3 is 0 Å². The van der Waals surface area contributed by atoms with Gasteiger partial charge in [-0.3, -0.25) is 9.69 Å². The molecule has 1 saturated carbocycles. The van der Waals surface area contributed by atoms with Crippen molar-refractivity contribution in [3.05, 3.63) is 0 Å². The molecule has 3 unspecified atom stereocenters. The molecule has 0 aromatic carbocycles. The summed E-state index contributed by atoms with van der Waals surface area (Å²) in [4.78, 5) is 20.6. The van der Waals surface area contributed by atoms with Crippen LogP contribution in [0.15, 0.2) is 4.99 Å². The summed E-state index contributed by atoms with van der Waals surface area (Å²) in [5, 5.41) is 7.10. The van der Waals surface area contributed by atoms with Gasteiger partial charge in [0.1, 0.15) is 6.54 Å². The molecule has 6 nitrogen and oxygen atoms in total. The standard InChI is InChI=1S/C19H37N5O.HI/c1-5-24-11-7-10-17(24)13-20-19(21-14-18(25)23(3)4)22-16-9-6-8-15(2)12-16;/h15-17H,5-14H2,1-4H3,(H2,20,21,22);1H. The maximum Gasteiger partial charge on any atom is 0.243 e. The van der Waals surface area contributed by atoms with Crippen LogP contribution in [0.3, 0.4) is 0 Å². The van der Waals surface area contributed by atoms with Crippen molar-refractivity contribution in [3.63, 3.8) is 0 Å². The molecule has 1 amide bonds. The van der Waals surface area contributed by atoms with Gasteiger partial charge in [-0.05, 0) is 44.7 Å². The molecule has 7 heteroatoms. The quantitative estimate of drug-likeness (QED) is 0.349. The van der Waals surface area contributed by atoms with E-state index in [1.54, 1.807) is 19.0 Å². The van der Waals surface area contributed by atoms with Gasteiger partial charge in [-0.15, -0.1) is 24.0 Å². The van der Waals surface area contributed by atoms with E-state index in [1.165, 1.54) is 45.1 Å². The van der Waals surface area contributed by atoms with Crippen molar-refractivity contribution >= 4 is 35.8 Å². The molecule has 0 bridgehead atoms. The Morgan fingerprint density at radius 2 is 2.00 bits per heavy atom. The van der Waals surface area contributed by atoms with E-state index in [0.29, 0.717) is 12.1 Å². The number of aliphatic imine (C=N–C) groups is 1. The third-order valence-electron chi connectivity index (χ3n) is 5.56. The van der Waals surface area contributed by atoms with Crippen molar-refractivity contribution in [2.75, 3.05) is 40.3 Å². The molecule has 2 rings (SSSR count). The van der Waals surface area contributed by atoms with Crippen molar-refractivity contribution in [3.8, 4) is 0 Å². The Morgan fingerprint density at radius 1 is 1.23 bits per heavy atom. The van der Waals surface area contributed by atoms with Crippen molar-refractivity contribution < 1.29 is 4.79 Å². The minimum Gasteiger partial charge on any atom is -0.355 e. The number of hydrogen-bond donors (Lipinski definition) is 2. The van der Waals surface area contributed by atoms with Gasteiger partial charge in [-0.1, -0.05) is 26.7 Å². The molecular formula is C19H38IN5O. The van der Waals surface area contributed by atoms with E-state index in [9.17, 15) is 4.79 Å². The summed E-state index contributed by atoms with van der Waals surface area (Å²) in [6, 6.07) is 1.04. The van der Waals surface area contributed by atoms with Gasteiger partial charge in [0.15, 0.2) is 5.96 Å². The highest BCUT2D eigenvalue weighted by Crippen LogP contribution is 2.23. The highest BCUT2D eigenvalue weighted by Gasteiger charge is 2.24. The van der Waals surface area contributed by atoms with E-state index in [4.69, 9.17) is 0 Å². The topological polar surface area (TPSA) is 60.0 Å². The van der Waals surface area contributed by atoms with Gasteiger partial charge < -0.3 is 15.5 Å². The lowest BCUT2D eigenvalue weighted by atomic mass is 9.87. The smallest absolute Gasteiger partial charge is 0.243 e. The molecule has 0 aromatic rings. The van der Waals surface area contributed by atoms with E-state index in [-0.39, 0.29) is 36.4 Å². The van der Waals surface area contributed by atoms with E-state index >= 15 is 0 Å². The third kappa shape index (κ3) is 7.58. The summed E-state index contributed by atoms with van der Waals surface area (Å²) in [5.74, 6) is 1.60. The number of nitrogens with zero attached hydrogens (tertiary/aromatic N) is 3. The van der Waals surface area contributed by atoms with Crippen LogP contribution in [-0.2, 0) is 4.79 Å². The van der Waals surface area contributed by atoms with Crippen molar-refractivity contribution in [1.82, 2.24) is 20.4 Å². The average Bonchev–Trinajstić information content (AvgIpc) is 3.04. The number of rotatable bonds is 6. The van der Waals surface area contributed by atoms with E-state index in [2.05, 4.69) is 34.4 Å². The molecule has 26 heavy (non-hydrogen) atoms. The molecule has 0 radical (unpaired) electrons. The summed E-state index contributed by atoms with van der Waals surface area (Å²) < 4.78 is 0. The first kappa shape index (κ1) is 23.5. The van der Waals surface area contributed by atoms with Crippen molar-refractivity contribution in [1.29, 1.82) is 0 Å². The lowest BCUT2D eigenvalue weighted by Crippen LogP contribution is -2.49. The summed E-state index contributed by atoms with van der Waals surface area (Å²) in [6.07, 6.45) is 7.49. The number of carbonyl (C=O) groups excluding carboxylic acids is 1. The lowest BCUT2D eigenvalue weighted by molar-refractivity contribution is -0.127. The summed E-state index contributed by atoms with van der Waals surface area (Å²) in [5.41, 5.74) is 0. The minimum absolute atomic E-state index is 0. The number of amides is 1. The molecule has 1 heterocycles.